The summed E-state index contributed by atoms with van der Waals surface area (Å²) in [7, 11) is 1.65. The fraction of sp³-hybridized carbons (Fsp3) is 0.308. The van der Waals surface area contributed by atoms with Crippen LogP contribution >= 0.6 is 11.8 Å². The summed E-state index contributed by atoms with van der Waals surface area (Å²) in [5.74, 6) is 0.943. The first-order valence-electron chi connectivity index (χ1n) is 5.11. The van der Waals surface area contributed by atoms with E-state index in [2.05, 4.69) is 6.92 Å². The van der Waals surface area contributed by atoms with Crippen molar-refractivity contribution in [3.8, 4) is 5.75 Å². The summed E-state index contributed by atoms with van der Waals surface area (Å²) in [5, 5.41) is 0.289. The van der Waals surface area contributed by atoms with Crippen LogP contribution in [0.1, 0.15) is 13.8 Å². The first kappa shape index (κ1) is 12.8. The standard InChI is InChI=1S/C13H16O2S/c1-10(14)4-5-11(2)16-13-8-6-12(15-3)7-9-13/h4-9,11H,1-3H3. The molecule has 0 aliphatic rings. The van der Waals surface area contributed by atoms with Crippen LogP contribution in [0.4, 0.5) is 0 Å². The van der Waals surface area contributed by atoms with E-state index < -0.39 is 0 Å². The van der Waals surface area contributed by atoms with Crippen molar-refractivity contribution in [3.63, 3.8) is 0 Å². The van der Waals surface area contributed by atoms with Crippen molar-refractivity contribution in [2.45, 2.75) is 24.0 Å². The van der Waals surface area contributed by atoms with Gasteiger partial charge in [0.15, 0.2) is 5.78 Å². The lowest BCUT2D eigenvalue weighted by Gasteiger charge is -2.06. The number of hydrogen-bond acceptors (Lipinski definition) is 3. The van der Waals surface area contributed by atoms with E-state index in [0.717, 1.165) is 5.75 Å². The summed E-state index contributed by atoms with van der Waals surface area (Å²) in [6.07, 6.45) is 3.53. The van der Waals surface area contributed by atoms with Crippen LogP contribution in [0.5, 0.6) is 5.75 Å². The second-order valence-corrected chi connectivity index (χ2v) is 4.92. The molecule has 0 aliphatic carbocycles. The normalized spacial score (nSPS) is 12.7. The van der Waals surface area contributed by atoms with Crippen molar-refractivity contribution in [2.24, 2.45) is 0 Å². The fourth-order valence-electron chi connectivity index (χ4n) is 1.18. The Morgan fingerprint density at radius 3 is 2.50 bits per heavy atom. The van der Waals surface area contributed by atoms with Gasteiger partial charge in [0.2, 0.25) is 0 Å². The third kappa shape index (κ3) is 4.53. The Kier molecular flexibility index (Phi) is 5.12. The minimum Gasteiger partial charge on any atom is -0.497 e. The van der Waals surface area contributed by atoms with Crippen LogP contribution in [0.15, 0.2) is 41.3 Å². The Balaban J connectivity index is 2.55. The molecule has 1 unspecified atom stereocenters. The first-order chi connectivity index (χ1) is 7.61. The molecule has 0 bridgehead atoms. The number of benzene rings is 1. The number of carbonyl (C=O) groups excluding carboxylic acids is 1. The lowest BCUT2D eigenvalue weighted by molar-refractivity contribution is -0.112. The zero-order valence-electron chi connectivity index (χ0n) is 9.77. The summed E-state index contributed by atoms with van der Waals surface area (Å²) in [5.41, 5.74) is 0. The van der Waals surface area contributed by atoms with E-state index in [0.29, 0.717) is 0 Å². The number of thioether (sulfide) groups is 1. The van der Waals surface area contributed by atoms with Crippen LogP contribution in [-0.4, -0.2) is 18.1 Å². The number of allylic oxidation sites excluding steroid dienone is 1. The lowest BCUT2D eigenvalue weighted by Crippen LogP contribution is -1.92. The van der Waals surface area contributed by atoms with Gasteiger partial charge in [-0.1, -0.05) is 6.08 Å². The first-order valence-corrected chi connectivity index (χ1v) is 5.99. The summed E-state index contributed by atoms with van der Waals surface area (Å²) in [6, 6.07) is 7.90. The molecule has 0 saturated carbocycles. The maximum Gasteiger partial charge on any atom is 0.152 e. The molecule has 0 heterocycles. The highest BCUT2D eigenvalue weighted by atomic mass is 32.2. The number of hydrogen-bond donors (Lipinski definition) is 0. The monoisotopic (exact) mass is 236 g/mol. The van der Waals surface area contributed by atoms with Gasteiger partial charge in [0, 0.05) is 10.1 Å². The van der Waals surface area contributed by atoms with Gasteiger partial charge in [-0.15, -0.1) is 11.8 Å². The lowest BCUT2D eigenvalue weighted by atomic mass is 10.3. The van der Waals surface area contributed by atoms with Crippen molar-refractivity contribution in [1.82, 2.24) is 0 Å². The van der Waals surface area contributed by atoms with E-state index in [4.69, 9.17) is 4.74 Å². The minimum atomic E-state index is 0.0854. The number of ether oxygens (including phenoxy) is 1. The number of methoxy groups -OCH3 is 1. The topological polar surface area (TPSA) is 26.3 Å². The number of ketones is 1. The quantitative estimate of drug-likeness (QED) is 0.579. The molecule has 0 amide bonds. The van der Waals surface area contributed by atoms with Crippen LogP contribution in [0.3, 0.4) is 0 Å². The predicted octanol–water partition coefficient (Wildman–Crippen LogP) is 3.32. The maximum absolute atomic E-state index is 10.8. The molecule has 1 aromatic rings. The molecule has 0 radical (unpaired) electrons. The second-order valence-electron chi connectivity index (χ2n) is 3.47. The summed E-state index contributed by atoms with van der Waals surface area (Å²) >= 11 is 1.71. The summed E-state index contributed by atoms with van der Waals surface area (Å²) in [4.78, 5) is 11.9. The van der Waals surface area contributed by atoms with Gasteiger partial charge < -0.3 is 4.74 Å². The minimum absolute atomic E-state index is 0.0854. The van der Waals surface area contributed by atoms with E-state index in [1.165, 1.54) is 4.90 Å². The van der Waals surface area contributed by atoms with Crippen LogP contribution in [0.25, 0.3) is 0 Å². The average Bonchev–Trinajstić information content (AvgIpc) is 2.27. The molecular weight excluding hydrogens is 220 g/mol. The molecule has 0 aliphatic heterocycles. The Morgan fingerprint density at radius 1 is 1.38 bits per heavy atom. The van der Waals surface area contributed by atoms with E-state index in [-0.39, 0.29) is 11.0 Å². The molecule has 1 rings (SSSR count). The molecule has 86 valence electrons. The van der Waals surface area contributed by atoms with E-state index >= 15 is 0 Å². The zero-order chi connectivity index (χ0) is 12.0. The highest BCUT2D eigenvalue weighted by Crippen LogP contribution is 2.25. The van der Waals surface area contributed by atoms with Crippen LogP contribution in [-0.2, 0) is 4.79 Å². The fourth-order valence-corrected chi connectivity index (χ4v) is 2.06. The van der Waals surface area contributed by atoms with Gasteiger partial charge in [0.1, 0.15) is 5.75 Å². The SMILES string of the molecule is COc1ccc(SC(C)C=CC(C)=O)cc1. The predicted molar refractivity (Wildman–Crippen MR) is 68.1 cm³/mol. The van der Waals surface area contributed by atoms with E-state index in [9.17, 15) is 4.79 Å². The van der Waals surface area contributed by atoms with Crippen molar-refractivity contribution >= 4 is 17.5 Å². The molecule has 1 aromatic carbocycles. The molecule has 0 aromatic heterocycles. The van der Waals surface area contributed by atoms with Gasteiger partial charge in [-0.3, -0.25) is 4.79 Å². The molecule has 1 atom stereocenters. The third-order valence-corrected chi connectivity index (χ3v) is 3.06. The average molecular weight is 236 g/mol. The Morgan fingerprint density at radius 2 is 2.00 bits per heavy atom. The summed E-state index contributed by atoms with van der Waals surface area (Å²) < 4.78 is 5.09. The highest BCUT2D eigenvalue weighted by Gasteiger charge is 2.01. The van der Waals surface area contributed by atoms with Crippen molar-refractivity contribution in [1.29, 1.82) is 0 Å². The van der Waals surface area contributed by atoms with Crippen LogP contribution < -0.4 is 4.74 Å². The Hall–Kier alpha value is -1.22. The number of carbonyl (C=O) groups is 1. The smallest absolute Gasteiger partial charge is 0.152 e. The Labute approximate surface area is 101 Å². The van der Waals surface area contributed by atoms with Gasteiger partial charge in [0.05, 0.1) is 7.11 Å². The molecule has 0 fully saturated rings. The van der Waals surface area contributed by atoms with Gasteiger partial charge >= 0.3 is 0 Å². The zero-order valence-corrected chi connectivity index (χ0v) is 10.6. The number of rotatable bonds is 5. The van der Waals surface area contributed by atoms with Gasteiger partial charge in [0.25, 0.3) is 0 Å². The van der Waals surface area contributed by atoms with Crippen LogP contribution in [0, 0.1) is 0 Å². The van der Waals surface area contributed by atoms with Crippen molar-refractivity contribution in [3.05, 3.63) is 36.4 Å². The molecule has 16 heavy (non-hydrogen) atoms. The van der Waals surface area contributed by atoms with E-state index in [1.807, 2.05) is 30.3 Å². The van der Waals surface area contributed by atoms with Gasteiger partial charge in [-0.2, -0.15) is 0 Å². The molecule has 0 saturated heterocycles. The molecule has 2 nitrogen and oxygen atoms in total. The molecule has 3 heteroatoms. The van der Waals surface area contributed by atoms with E-state index in [1.54, 1.807) is 31.9 Å². The highest BCUT2D eigenvalue weighted by molar-refractivity contribution is 8.00. The Bertz CT molecular complexity index is 368. The second kappa shape index (κ2) is 6.38. The van der Waals surface area contributed by atoms with Crippen molar-refractivity contribution < 1.29 is 9.53 Å². The molecular formula is C13H16O2S. The van der Waals surface area contributed by atoms with Crippen molar-refractivity contribution in [2.75, 3.05) is 7.11 Å². The van der Waals surface area contributed by atoms with Gasteiger partial charge in [-0.05, 0) is 44.2 Å². The molecule has 0 N–H and O–H groups in total. The van der Waals surface area contributed by atoms with Gasteiger partial charge in [-0.25, -0.2) is 0 Å². The third-order valence-electron chi connectivity index (χ3n) is 1.98. The van der Waals surface area contributed by atoms with Crippen LogP contribution in [0.2, 0.25) is 0 Å². The molecule has 0 spiro atoms. The maximum atomic E-state index is 10.8. The summed E-state index contributed by atoms with van der Waals surface area (Å²) in [6.45, 7) is 3.62. The largest absolute Gasteiger partial charge is 0.497 e.